The van der Waals surface area contributed by atoms with Crippen molar-refractivity contribution in [3.8, 4) is 5.75 Å². The van der Waals surface area contributed by atoms with Crippen LogP contribution in [0, 0.1) is 5.82 Å². The third-order valence-electron chi connectivity index (χ3n) is 3.71. The minimum atomic E-state index is -1.38. The van der Waals surface area contributed by atoms with Gasteiger partial charge in [-0.2, -0.15) is 11.3 Å². The zero-order chi connectivity index (χ0) is 19.8. The van der Waals surface area contributed by atoms with Crippen molar-refractivity contribution in [1.82, 2.24) is 10.6 Å². The summed E-state index contributed by atoms with van der Waals surface area (Å²) in [5.41, 5.74) is 0.650. The van der Waals surface area contributed by atoms with Crippen molar-refractivity contribution in [2.24, 2.45) is 0 Å². The second kappa shape index (κ2) is 9.67. The van der Waals surface area contributed by atoms with Crippen LogP contribution in [0.5, 0.6) is 5.75 Å². The van der Waals surface area contributed by atoms with Crippen LogP contribution in [-0.2, 0) is 9.59 Å². The van der Waals surface area contributed by atoms with Gasteiger partial charge in [-0.05, 0) is 35.6 Å². The zero-order valence-corrected chi connectivity index (χ0v) is 15.3. The smallest absolute Gasteiger partial charge is 0.330 e. The molecule has 0 aliphatic heterocycles. The number of carbonyl (C=O) groups excluding carboxylic acids is 2. The van der Waals surface area contributed by atoms with Crippen LogP contribution in [0.4, 0.5) is 4.39 Å². The topological polar surface area (TPSA) is 105 Å². The number of carboxylic acids is 1. The van der Waals surface area contributed by atoms with E-state index in [-0.39, 0.29) is 30.2 Å². The van der Waals surface area contributed by atoms with E-state index >= 15 is 0 Å². The average molecular weight is 394 g/mol. The fourth-order valence-electron chi connectivity index (χ4n) is 2.33. The van der Waals surface area contributed by atoms with Crippen LogP contribution in [-0.4, -0.2) is 36.5 Å². The molecule has 0 saturated heterocycles. The molecule has 144 valence electrons. The first-order valence-electron chi connectivity index (χ1n) is 8.08. The second-order valence-corrected chi connectivity index (χ2v) is 6.38. The second-order valence-electron chi connectivity index (χ2n) is 5.60. The fourth-order valence-corrected chi connectivity index (χ4v) is 2.97. The average Bonchev–Trinajstić information content (AvgIpc) is 3.17. The quantitative estimate of drug-likeness (QED) is 0.566. The standard InChI is InChI=1S/C18H19FN2O5S/c1-26-14-5-4-11(9-13(14)19)16(18(24)25)21-15(22)3-2-7-20-17(23)12-6-8-27-10-12/h4-6,8-10,16H,2-3,7H2,1H3,(H,20,23)(H,21,22)(H,24,25). The van der Waals surface area contributed by atoms with Crippen LogP contribution in [0.25, 0.3) is 0 Å². The first-order chi connectivity index (χ1) is 12.9. The number of nitrogens with one attached hydrogen (secondary N) is 2. The number of rotatable bonds is 9. The van der Waals surface area contributed by atoms with Crippen LogP contribution < -0.4 is 15.4 Å². The minimum absolute atomic E-state index is 0.0180. The van der Waals surface area contributed by atoms with Gasteiger partial charge in [0.25, 0.3) is 5.91 Å². The van der Waals surface area contributed by atoms with Gasteiger partial charge in [0, 0.05) is 23.9 Å². The maximum Gasteiger partial charge on any atom is 0.330 e. The number of aliphatic carboxylic acids is 1. The predicted octanol–water partition coefficient (Wildman–Crippen LogP) is 2.35. The highest BCUT2D eigenvalue weighted by Gasteiger charge is 2.23. The van der Waals surface area contributed by atoms with E-state index in [0.717, 1.165) is 6.07 Å². The highest BCUT2D eigenvalue weighted by atomic mass is 32.1. The summed E-state index contributed by atoms with van der Waals surface area (Å²) in [6.45, 7) is 0.275. The zero-order valence-electron chi connectivity index (χ0n) is 14.5. The van der Waals surface area contributed by atoms with Crippen molar-refractivity contribution in [2.45, 2.75) is 18.9 Å². The van der Waals surface area contributed by atoms with Crippen LogP contribution in [0.1, 0.15) is 34.8 Å². The lowest BCUT2D eigenvalue weighted by atomic mass is 10.1. The molecule has 0 fully saturated rings. The Kier molecular flexibility index (Phi) is 7.30. The Hall–Kier alpha value is -2.94. The number of ether oxygens (including phenoxy) is 1. The number of thiophene rings is 1. The van der Waals surface area contributed by atoms with Crippen LogP contribution in [0.2, 0.25) is 0 Å². The lowest BCUT2D eigenvalue weighted by molar-refractivity contribution is -0.142. The molecular weight excluding hydrogens is 375 g/mol. The van der Waals surface area contributed by atoms with Gasteiger partial charge in [-0.15, -0.1) is 0 Å². The molecule has 3 N–H and O–H groups in total. The molecule has 1 atom stereocenters. The van der Waals surface area contributed by atoms with E-state index in [2.05, 4.69) is 10.6 Å². The summed E-state index contributed by atoms with van der Waals surface area (Å²) >= 11 is 1.41. The van der Waals surface area contributed by atoms with E-state index < -0.39 is 23.7 Å². The molecule has 1 heterocycles. The van der Waals surface area contributed by atoms with Gasteiger partial charge in [0.05, 0.1) is 7.11 Å². The third-order valence-corrected chi connectivity index (χ3v) is 4.39. The van der Waals surface area contributed by atoms with Gasteiger partial charge < -0.3 is 20.5 Å². The lowest BCUT2D eigenvalue weighted by Crippen LogP contribution is -2.34. The molecule has 7 nitrogen and oxygen atoms in total. The largest absolute Gasteiger partial charge is 0.494 e. The molecule has 1 aromatic heterocycles. The highest BCUT2D eigenvalue weighted by molar-refractivity contribution is 7.08. The molecule has 1 aromatic carbocycles. The maximum absolute atomic E-state index is 13.8. The Morgan fingerprint density at radius 1 is 1.30 bits per heavy atom. The SMILES string of the molecule is COc1ccc(C(NC(=O)CCCNC(=O)c2ccsc2)C(=O)O)cc1F. The summed E-state index contributed by atoms with van der Waals surface area (Å²) < 4.78 is 18.6. The summed E-state index contributed by atoms with van der Waals surface area (Å²) in [7, 11) is 1.30. The van der Waals surface area contributed by atoms with Crippen LogP contribution >= 0.6 is 11.3 Å². The Bertz CT molecular complexity index is 810. The molecule has 27 heavy (non-hydrogen) atoms. The van der Waals surface area contributed by atoms with E-state index in [1.807, 2.05) is 0 Å². The number of carbonyl (C=O) groups is 3. The van der Waals surface area contributed by atoms with E-state index in [4.69, 9.17) is 4.74 Å². The van der Waals surface area contributed by atoms with Crippen molar-refractivity contribution in [1.29, 1.82) is 0 Å². The molecule has 0 bridgehead atoms. The molecule has 1 unspecified atom stereocenters. The summed E-state index contributed by atoms with van der Waals surface area (Å²) in [6.07, 6.45) is 0.358. The normalized spacial score (nSPS) is 11.5. The van der Waals surface area contributed by atoms with Gasteiger partial charge in [-0.1, -0.05) is 6.07 Å². The van der Waals surface area contributed by atoms with Gasteiger partial charge in [-0.3, -0.25) is 9.59 Å². The first-order valence-corrected chi connectivity index (χ1v) is 9.02. The van der Waals surface area contributed by atoms with Gasteiger partial charge in [0.1, 0.15) is 0 Å². The van der Waals surface area contributed by atoms with Crippen molar-refractivity contribution >= 4 is 29.1 Å². The van der Waals surface area contributed by atoms with Crippen molar-refractivity contribution in [2.75, 3.05) is 13.7 Å². The summed E-state index contributed by atoms with van der Waals surface area (Å²) in [5, 5.41) is 17.9. The van der Waals surface area contributed by atoms with Crippen LogP contribution in [0.3, 0.4) is 0 Å². The predicted molar refractivity (Wildman–Crippen MR) is 97.4 cm³/mol. The number of amides is 2. The first kappa shape index (κ1) is 20.4. The number of methoxy groups -OCH3 is 1. The molecule has 0 aliphatic rings. The van der Waals surface area contributed by atoms with E-state index in [1.165, 1.54) is 30.6 Å². The molecular formula is C18H19FN2O5S. The van der Waals surface area contributed by atoms with Gasteiger partial charge in [0.15, 0.2) is 17.6 Å². The minimum Gasteiger partial charge on any atom is -0.494 e. The van der Waals surface area contributed by atoms with E-state index in [0.29, 0.717) is 12.0 Å². The number of hydrogen-bond donors (Lipinski definition) is 3. The summed E-state index contributed by atoms with van der Waals surface area (Å²) in [6, 6.07) is 4.00. The van der Waals surface area contributed by atoms with Gasteiger partial charge in [-0.25, -0.2) is 9.18 Å². The summed E-state index contributed by atoms with van der Waals surface area (Å²) in [4.78, 5) is 35.2. The van der Waals surface area contributed by atoms with Crippen molar-refractivity contribution in [3.63, 3.8) is 0 Å². The van der Waals surface area contributed by atoms with Crippen molar-refractivity contribution in [3.05, 3.63) is 52.0 Å². The Morgan fingerprint density at radius 3 is 2.67 bits per heavy atom. The Morgan fingerprint density at radius 2 is 2.07 bits per heavy atom. The number of hydrogen-bond acceptors (Lipinski definition) is 5. The maximum atomic E-state index is 13.8. The van der Waals surface area contributed by atoms with Crippen LogP contribution in [0.15, 0.2) is 35.0 Å². The van der Waals surface area contributed by atoms with Crippen molar-refractivity contribution < 1.29 is 28.6 Å². The number of halogens is 1. The van der Waals surface area contributed by atoms with E-state index in [1.54, 1.807) is 16.8 Å². The molecule has 0 aliphatic carbocycles. The van der Waals surface area contributed by atoms with E-state index in [9.17, 15) is 23.9 Å². The molecule has 9 heteroatoms. The lowest BCUT2D eigenvalue weighted by Gasteiger charge is -2.16. The van der Waals surface area contributed by atoms with Gasteiger partial charge in [0.2, 0.25) is 5.91 Å². The fraction of sp³-hybridized carbons (Fsp3) is 0.278. The summed E-state index contributed by atoms with van der Waals surface area (Å²) in [5.74, 6) is -2.78. The Labute approximate surface area is 159 Å². The molecule has 2 aromatic rings. The number of carboxylic acid groups (broad SMARTS) is 1. The third kappa shape index (κ3) is 5.78. The molecule has 0 radical (unpaired) electrons. The molecule has 0 saturated carbocycles. The Balaban J connectivity index is 1.85. The highest BCUT2D eigenvalue weighted by Crippen LogP contribution is 2.22. The molecule has 2 amide bonds. The monoisotopic (exact) mass is 394 g/mol. The molecule has 0 spiro atoms. The molecule has 2 rings (SSSR count). The van der Waals surface area contributed by atoms with Gasteiger partial charge >= 0.3 is 5.97 Å². The number of benzene rings is 1.